The zero-order valence-electron chi connectivity index (χ0n) is 42.3. The van der Waals surface area contributed by atoms with Gasteiger partial charge in [-0.15, -0.1) is 0 Å². The number of aromatic nitrogens is 4. The Labute approximate surface area is 445 Å². The van der Waals surface area contributed by atoms with Gasteiger partial charge in [-0.25, -0.2) is 15.0 Å². The van der Waals surface area contributed by atoms with E-state index in [1.807, 2.05) is 36.4 Å². The second-order valence-electron chi connectivity index (χ2n) is 19.7. The summed E-state index contributed by atoms with van der Waals surface area (Å²) in [5.74, 6) is 1.82. The first kappa shape index (κ1) is 46.2. The molecule has 0 radical (unpaired) electrons. The first-order valence-corrected chi connectivity index (χ1v) is 28.0. The number of fused-ring (bicyclic) bond motifs is 3. The van der Waals surface area contributed by atoms with E-state index in [1.54, 1.807) is 0 Å². The molecule has 0 saturated carbocycles. The molecule has 2 heterocycles. The molecular formula is C71H52N4Si. The van der Waals surface area contributed by atoms with Crippen LogP contribution in [0.25, 0.3) is 95.0 Å². The normalized spacial score (nSPS) is 11.6. The van der Waals surface area contributed by atoms with Crippen molar-refractivity contribution >= 4 is 50.6 Å². The van der Waals surface area contributed by atoms with E-state index in [0.29, 0.717) is 17.5 Å². The highest BCUT2D eigenvalue weighted by molar-refractivity contribution is 7.19. The van der Waals surface area contributed by atoms with Gasteiger partial charge in [0, 0.05) is 33.2 Å². The molecule has 0 bridgehead atoms. The number of aryl methyl sites for hydroxylation is 2. The van der Waals surface area contributed by atoms with E-state index in [0.717, 1.165) is 44.5 Å². The average molecular weight is 989 g/mol. The van der Waals surface area contributed by atoms with Crippen LogP contribution in [0.4, 0.5) is 0 Å². The lowest BCUT2D eigenvalue weighted by molar-refractivity contribution is 1.07. The predicted octanol–water partition coefficient (Wildman–Crippen LogP) is 15.0. The minimum absolute atomic E-state index is 0.594. The van der Waals surface area contributed by atoms with Gasteiger partial charge in [0.1, 0.15) is 0 Å². The van der Waals surface area contributed by atoms with Crippen LogP contribution in [-0.2, 0) is 0 Å². The molecule has 0 fully saturated rings. The van der Waals surface area contributed by atoms with Gasteiger partial charge in [0.2, 0.25) is 0 Å². The molecule has 13 rings (SSSR count). The number of hydrogen-bond acceptors (Lipinski definition) is 3. The highest BCUT2D eigenvalue weighted by Gasteiger charge is 2.41. The monoisotopic (exact) mass is 988 g/mol. The van der Waals surface area contributed by atoms with E-state index in [2.05, 4.69) is 261 Å². The van der Waals surface area contributed by atoms with E-state index in [9.17, 15) is 0 Å². The lowest BCUT2D eigenvalue weighted by Gasteiger charge is -2.34. The molecule has 0 aliphatic carbocycles. The SMILES string of the molecule is Cc1cccc(-c2ccc3c(c2)c2cc(-c4cccc(C)c4)ccc2n3-c2ccc(-c3cccc([Si](c4ccccc4)(c4ccccc4)c4ccccc4)c3)c(-c3nc(-c4ccccc4)nc(-c4ccccc4)n3)c2)c1. The molecule has 0 N–H and O–H groups in total. The fourth-order valence-corrected chi connectivity index (χ4v) is 16.1. The van der Waals surface area contributed by atoms with Gasteiger partial charge in [-0.1, -0.05) is 254 Å². The first-order chi connectivity index (χ1) is 37.5. The molecule has 0 spiro atoms. The molecule has 0 aliphatic rings. The zero-order valence-corrected chi connectivity index (χ0v) is 43.3. The number of benzene rings is 11. The molecule has 0 aliphatic heterocycles. The van der Waals surface area contributed by atoms with Crippen molar-refractivity contribution in [3.8, 4) is 73.2 Å². The summed E-state index contributed by atoms with van der Waals surface area (Å²) in [6.07, 6.45) is 0. The summed E-state index contributed by atoms with van der Waals surface area (Å²) in [5.41, 5.74) is 15.3. The highest BCUT2D eigenvalue weighted by Crippen LogP contribution is 2.40. The third-order valence-corrected chi connectivity index (χ3v) is 19.7. The van der Waals surface area contributed by atoms with Gasteiger partial charge in [0.05, 0.1) is 11.0 Å². The van der Waals surface area contributed by atoms with Crippen molar-refractivity contribution in [2.75, 3.05) is 0 Å². The molecule has 5 heteroatoms. The first-order valence-electron chi connectivity index (χ1n) is 26.0. The van der Waals surface area contributed by atoms with Gasteiger partial charge in [0.25, 0.3) is 0 Å². The summed E-state index contributed by atoms with van der Waals surface area (Å²) in [6.45, 7) is 4.32. The molecule has 2 aromatic heterocycles. The number of nitrogens with zero attached hydrogens (tertiary/aromatic N) is 4. The van der Waals surface area contributed by atoms with Gasteiger partial charge in [0.15, 0.2) is 25.5 Å². The van der Waals surface area contributed by atoms with Gasteiger partial charge < -0.3 is 4.57 Å². The summed E-state index contributed by atoms with van der Waals surface area (Å²) in [6, 6.07) is 101. The maximum Gasteiger partial charge on any atom is 0.179 e. The van der Waals surface area contributed by atoms with Gasteiger partial charge in [-0.2, -0.15) is 0 Å². The van der Waals surface area contributed by atoms with Crippen molar-refractivity contribution in [1.29, 1.82) is 0 Å². The standard InChI is InChI=1S/C71H52N4Si/c1-49-21-18-27-53(43-49)55-37-41-67-64(46-55)65-47-56(54-28-19-22-50(2)44-54)38-42-68(65)75(67)58-39-40-63(66(48-58)71-73-69(51-23-8-3-9-24-51)72-70(74-71)52-25-10-4-11-26-52)57-29-20-36-62(45-57)76(59-30-12-5-13-31-59,60-32-14-6-15-33-60)61-34-16-7-17-35-61/h3-48H,1-2H3. The molecule has 360 valence electrons. The van der Waals surface area contributed by atoms with E-state index in [4.69, 9.17) is 15.0 Å². The highest BCUT2D eigenvalue weighted by atomic mass is 28.3. The summed E-state index contributed by atoms with van der Waals surface area (Å²) in [5, 5.41) is 7.61. The minimum atomic E-state index is -2.89. The summed E-state index contributed by atoms with van der Waals surface area (Å²) < 4.78 is 2.42. The second-order valence-corrected chi connectivity index (χ2v) is 23.5. The zero-order chi connectivity index (χ0) is 51.0. The smallest absolute Gasteiger partial charge is 0.179 e. The van der Waals surface area contributed by atoms with Crippen LogP contribution in [0.1, 0.15) is 11.1 Å². The summed E-state index contributed by atoms with van der Waals surface area (Å²) in [7, 11) is -2.89. The Balaban J connectivity index is 1.09. The Morgan fingerprint density at radius 3 is 1.14 bits per heavy atom. The number of rotatable bonds is 11. The quantitative estimate of drug-likeness (QED) is 0.0958. The molecule has 0 saturated heterocycles. The fraction of sp³-hybridized carbons (Fsp3) is 0.0282. The van der Waals surface area contributed by atoms with Crippen LogP contribution < -0.4 is 20.7 Å². The summed E-state index contributed by atoms with van der Waals surface area (Å²) >= 11 is 0. The van der Waals surface area contributed by atoms with Crippen LogP contribution in [0.3, 0.4) is 0 Å². The molecule has 11 aromatic carbocycles. The molecule has 0 atom stereocenters. The molecule has 0 unspecified atom stereocenters. The minimum Gasteiger partial charge on any atom is -0.309 e. The van der Waals surface area contributed by atoms with Crippen LogP contribution >= 0.6 is 0 Å². The van der Waals surface area contributed by atoms with Crippen LogP contribution in [-0.4, -0.2) is 27.6 Å². The maximum atomic E-state index is 5.43. The van der Waals surface area contributed by atoms with Crippen molar-refractivity contribution in [2.45, 2.75) is 13.8 Å². The lowest BCUT2D eigenvalue weighted by Crippen LogP contribution is -2.74. The van der Waals surface area contributed by atoms with Crippen LogP contribution in [0.2, 0.25) is 0 Å². The third kappa shape index (κ3) is 8.43. The van der Waals surface area contributed by atoms with Crippen LogP contribution in [0.5, 0.6) is 0 Å². The third-order valence-electron chi connectivity index (χ3n) is 14.9. The largest absolute Gasteiger partial charge is 0.309 e. The van der Waals surface area contributed by atoms with Crippen molar-refractivity contribution < 1.29 is 0 Å². The average Bonchev–Trinajstić information content (AvgIpc) is 3.84. The van der Waals surface area contributed by atoms with Crippen LogP contribution in [0, 0.1) is 13.8 Å². The Morgan fingerprint density at radius 2 is 0.671 bits per heavy atom. The molecule has 0 amide bonds. The Hall–Kier alpha value is -9.55. The van der Waals surface area contributed by atoms with Gasteiger partial charge >= 0.3 is 0 Å². The van der Waals surface area contributed by atoms with Crippen LogP contribution in [0.15, 0.2) is 279 Å². The second kappa shape index (κ2) is 19.7. The Bertz CT molecular complexity index is 3970. The molecule has 4 nitrogen and oxygen atoms in total. The fourth-order valence-electron chi connectivity index (χ4n) is 11.3. The maximum absolute atomic E-state index is 5.43. The van der Waals surface area contributed by atoms with Crippen molar-refractivity contribution in [2.24, 2.45) is 0 Å². The Kier molecular flexibility index (Phi) is 12.0. The van der Waals surface area contributed by atoms with Crippen molar-refractivity contribution in [3.63, 3.8) is 0 Å². The molecule has 76 heavy (non-hydrogen) atoms. The van der Waals surface area contributed by atoms with E-state index in [1.165, 1.54) is 64.9 Å². The lowest BCUT2D eigenvalue weighted by atomic mass is 9.98. The van der Waals surface area contributed by atoms with Crippen molar-refractivity contribution in [3.05, 3.63) is 290 Å². The van der Waals surface area contributed by atoms with E-state index < -0.39 is 8.07 Å². The molecule has 13 aromatic rings. The van der Waals surface area contributed by atoms with E-state index >= 15 is 0 Å². The topological polar surface area (TPSA) is 43.6 Å². The number of hydrogen-bond donors (Lipinski definition) is 0. The van der Waals surface area contributed by atoms with Gasteiger partial charge in [-0.3, -0.25) is 0 Å². The Morgan fingerprint density at radius 1 is 0.276 bits per heavy atom. The molecular weight excluding hydrogens is 937 g/mol. The van der Waals surface area contributed by atoms with E-state index in [-0.39, 0.29) is 0 Å². The predicted molar refractivity (Wildman–Crippen MR) is 320 cm³/mol. The van der Waals surface area contributed by atoms with Gasteiger partial charge in [-0.05, 0) is 104 Å². The summed E-state index contributed by atoms with van der Waals surface area (Å²) in [4.78, 5) is 16.0. The van der Waals surface area contributed by atoms with Crippen molar-refractivity contribution in [1.82, 2.24) is 19.5 Å².